The lowest BCUT2D eigenvalue weighted by Gasteiger charge is -2.26. The molecule has 0 aromatic carbocycles. The summed E-state index contributed by atoms with van der Waals surface area (Å²) in [6.45, 7) is 27.3. The molecule has 2 bridgehead atoms. The van der Waals surface area contributed by atoms with Crippen molar-refractivity contribution < 1.29 is 42.6 Å². The summed E-state index contributed by atoms with van der Waals surface area (Å²) in [5.74, 6) is 6.65. The first-order valence-electron chi connectivity index (χ1n) is 25.7. The molecule has 0 aromatic rings. The summed E-state index contributed by atoms with van der Waals surface area (Å²) in [6, 6.07) is 0. The van der Waals surface area contributed by atoms with Crippen LogP contribution in [0, 0.1) is 41.4 Å². The largest absolute Gasteiger partial charge is 0.379 e. The molecule has 10 fully saturated rings. The van der Waals surface area contributed by atoms with Gasteiger partial charge < -0.3 is 42.6 Å². The van der Waals surface area contributed by atoms with Crippen LogP contribution in [0.1, 0.15) is 178 Å². The molecule has 4 saturated carbocycles. The first kappa shape index (κ1) is 50.6. The minimum absolute atomic E-state index is 0.154. The van der Waals surface area contributed by atoms with Gasteiger partial charge in [-0.2, -0.15) is 0 Å². The van der Waals surface area contributed by atoms with E-state index < -0.39 is 0 Å². The second kappa shape index (κ2) is 26.6. The maximum absolute atomic E-state index is 5.69. The molecule has 60 heavy (non-hydrogen) atoms. The van der Waals surface area contributed by atoms with Gasteiger partial charge in [0.2, 0.25) is 0 Å². The number of unbranched alkanes of at least 4 members (excludes halogenated alkanes) is 3. The summed E-state index contributed by atoms with van der Waals surface area (Å²) < 4.78 is 47.3. The third-order valence-corrected chi connectivity index (χ3v) is 14.6. The minimum atomic E-state index is 0.154. The van der Waals surface area contributed by atoms with Crippen molar-refractivity contribution in [2.24, 2.45) is 41.4 Å². The van der Waals surface area contributed by atoms with Crippen LogP contribution in [-0.2, 0) is 42.6 Å². The maximum atomic E-state index is 5.69. The monoisotopic (exact) mass is 851 g/mol. The van der Waals surface area contributed by atoms with Gasteiger partial charge in [-0.25, -0.2) is 0 Å². The molecule has 0 aromatic heterocycles. The first-order chi connectivity index (χ1) is 29.1. The molecule has 15 atom stereocenters. The third-order valence-electron chi connectivity index (χ3n) is 14.6. The van der Waals surface area contributed by atoms with Crippen LogP contribution < -0.4 is 0 Å². The molecule has 0 N–H and O–H groups in total. The summed E-state index contributed by atoms with van der Waals surface area (Å²) in [7, 11) is 0. The van der Waals surface area contributed by atoms with Crippen LogP contribution >= 0.6 is 0 Å². The van der Waals surface area contributed by atoms with Crippen molar-refractivity contribution in [3.63, 3.8) is 0 Å². The van der Waals surface area contributed by atoms with Crippen molar-refractivity contribution in [1.29, 1.82) is 0 Å². The zero-order valence-corrected chi connectivity index (χ0v) is 40.2. The Kier molecular flexibility index (Phi) is 22.4. The first-order valence-corrected chi connectivity index (χ1v) is 25.7. The second-order valence-corrected chi connectivity index (χ2v) is 20.6. The molecule has 9 heteroatoms. The van der Waals surface area contributed by atoms with Gasteiger partial charge in [0.05, 0.1) is 62.5 Å². The fraction of sp³-hybridized carbons (Fsp3) is 1.00. The Bertz CT molecular complexity index is 1110. The van der Waals surface area contributed by atoms with E-state index >= 15 is 0 Å². The standard InChI is InChI=1S/C11H18O.C11H20O.C9H16O.2C7H14O2.C6H12O2/c1-6(2)3-7-4-8-5-9(7)11-10(8)12-11;1-4-8(2)9-5-6-11(3)10(7-9)12-11;1-2-3-7-4-5-8-9(6-7)10-8;2*1-2-3-4-8-5-7-6-9-7;1-2-3-4-7-6-5-8-6/h6-11H,3-5H2,1-2H3;8-10H,4-7H2,1-3H3;7-9H,2-6H2,1H3;2*7H,2-6H2,1H3;6H,2-5H2,1H3. The molecule has 352 valence electrons. The SMILES string of the molecule is CC(C)CC1CC2CC1C1OC21.CCC(C)C1CCC2(C)OC2C1.CCCC1CCC2OC2C1.CCCCOC1CO1.CCCCOCC1CO1.CCCCOCC1CO1. The lowest BCUT2D eigenvalue weighted by molar-refractivity contribution is 0.0486. The van der Waals surface area contributed by atoms with Gasteiger partial charge in [-0.1, -0.05) is 93.9 Å². The minimum Gasteiger partial charge on any atom is -0.379 e. The van der Waals surface area contributed by atoms with E-state index in [9.17, 15) is 0 Å². The molecular weight excluding hydrogens is 757 g/mol. The van der Waals surface area contributed by atoms with Gasteiger partial charge in [-0.15, -0.1) is 0 Å². The fourth-order valence-electron chi connectivity index (χ4n) is 10.0. The Labute approximate surface area is 368 Å². The molecule has 0 amide bonds. The van der Waals surface area contributed by atoms with E-state index in [1.54, 1.807) is 0 Å². The smallest absolute Gasteiger partial charge is 0.181 e. The van der Waals surface area contributed by atoms with Crippen molar-refractivity contribution >= 4 is 0 Å². The molecule has 4 aliphatic carbocycles. The van der Waals surface area contributed by atoms with Gasteiger partial charge in [-0.05, 0) is 125 Å². The number of fused-ring (bicyclic) bond motifs is 7. The predicted molar refractivity (Wildman–Crippen MR) is 240 cm³/mol. The normalized spacial score (nSPS) is 38.8. The van der Waals surface area contributed by atoms with E-state index in [2.05, 4.69) is 62.3 Å². The molecule has 10 rings (SSSR count). The number of rotatable bonds is 20. The molecule has 6 heterocycles. The average Bonchev–Trinajstić information content (AvgIpc) is 4.02. The Morgan fingerprint density at radius 3 is 1.82 bits per heavy atom. The Morgan fingerprint density at radius 2 is 1.32 bits per heavy atom. The topological polar surface area (TPSA) is 103 Å². The van der Waals surface area contributed by atoms with Gasteiger partial charge >= 0.3 is 0 Å². The van der Waals surface area contributed by atoms with Crippen LogP contribution in [0.2, 0.25) is 0 Å². The van der Waals surface area contributed by atoms with Gasteiger partial charge in [0.1, 0.15) is 18.8 Å². The Morgan fingerprint density at radius 1 is 0.667 bits per heavy atom. The molecular formula is C51H94O9. The number of ether oxygens (including phenoxy) is 9. The van der Waals surface area contributed by atoms with Crippen molar-refractivity contribution in [2.75, 3.05) is 52.9 Å². The summed E-state index contributed by atoms with van der Waals surface area (Å²) in [5, 5.41) is 0. The lowest BCUT2D eigenvalue weighted by atomic mass is 9.76. The van der Waals surface area contributed by atoms with E-state index in [4.69, 9.17) is 42.6 Å². The summed E-state index contributed by atoms with van der Waals surface area (Å²) in [4.78, 5) is 0. The van der Waals surface area contributed by atoms with Gasteiger partial charge in [-0.3, -0.25) is 0 Å². The highest BCUT2D eigenvalue weighted by Crippen LogP contribution is 2.60. The zero-order valence-electron chi connectivity index (χ0n) is 40.2. The van der Waals surface area contributed by atoms with Crippen LogP contribution in [0.15, 0.2) is 0 Å². The summed E-state index contributed by atoms with van der Waals surface area (Å²) in [5.41, 5.74) is 0.309. The highest BCUT2D eigenvalue weighted by molar-refractivity contribution is 5.10. The predicted octanol–water partition coefficient (Wildman–Crippen LogP) is 11.4. The molecule has 6 aliphatic heterocycles. The summed E-state index contributed by atoms with van der Waals surface area (Å²) in [6.07, 6.45) is 28.2. The van der Waals surface area contributed by atoms with Gasteiger partial charge in [0.15, 0.2) is 6.29 Å². The Balaban J connectivity index is 0.000000138. The summed E-state index contributed by atoms with van der Waals surface area (Å²) >= 11 is 0. The highest BCUT2D eigenvalue weighted by atomic mass is 16.8. The number of hydrogen-bond donors (Lipinski definition) is 0. The van der Waals surface area contributed by atoms with Gasteiger partial charge in [0.25, 0.3) is 0 Å². The molecule has 6 saturated heterocycles. The van der Waals surface area contributed by atoms with E-state index in [0.717, 1.165) is 107 Å². The third kappa shape index (κ3) is 19.0. The number of hydrogen-bond acceptors (Lipinski definition) is 9. The second-order valence-electron chi connectivity index (χ2n) is 20.6. The van der Waals surface area contributed by atoms with Crippen molar-refractivity contribution in [2.45, 2.75) is 233 Å². The van der Waals surface area contributed by atoms with Crippen LogP contribution in [0.25, 0.3) is 0 Å². The van der Waals surface area contributed by atoms with Crippen LogP contribution in [0.3, 0.4) is 0 Å². The molecule has 10 aliphatic rings. The lowest BCUT2D eigenvalue weighted by Crippen LogP contribution is -2.24. The van der Waals surface area contributed by atoms with Crippen molar-refractivity contribution in [1.82, 2.24) is 0 Å². The molecule has 0 spiro atoms. The quantitative estimate of drug-likeness (QED) is 0.0875. The van der Waals surface area contributed by atoms with Crippen molar-refractivity contribution in [3.05, 3.63) is 0 Å². The van der Waals surface area contributed by atoms with Crippen molar-refractivity contribution in [3.8, 4) is 0 Å². The number of epoxide rings is 6. The highest BCUT2D eigenvalue weighted by Gasteiger charge is 2.62. The van der Waals surface area contributed by atoms with Crippen LogP contribution in [0.5, 0.6) is 0 Å². The van der Waals surface area contributed by atoms with E-state index in [-0.39, 0.29) is 6.29 Å². The van der Waals surface area contributed by atoms with Crippen LogP contribution in [-0.4, -0.2) is 107 Å². The van der Waals surface area contributed by atoms with Gasteiger partial charge in [0, 0.05) is 19.8 Å². The zero-order chi connectivity index (χ0) is 42.9. The fourth-order valence-corrected chi connectivity index (χ4v) is 10.0. The van der Waals surface area contributed by atoms with E-state index in [1.807, 2.05) is 0 Å². The van der Waals surface area contributed by atoms with Crippen LogP contribution in [0.4, 0.5) is 0 Å². The molecule has 15 unspecified atom stereocenters. The average molecular weight is 851 g/mol. The molecule has 0 radical (unpaired) electrons. The molecule has 9 nitrogen and oxygen atoms in total. The van der Waals surface area contributed by atoms with E-state index in [1.165, 1.54) is 109 Å². The van der Waals surface area contributed by atoms with E-state index in [0.29, 0.717) is 42.2 Å². The maximum Gasteiger partial charge on any atom is 0.181 e. The Hall–Kier alpha value is -0.360.